The number of amides is 1. The van der Waals surface area contributed by atoms with E-state index in [2.05, 4.69) is 25.3 Å². The highest BCUT2D eigenvalue weighted by Gasteiger charge is 2.46. The minimum absolute atomic E-state index is 0.197. The molecule has 0 aromatic carbocycles. The van der Waals surface area contributed by atoms with Crippen LogP contribution in [-0.2, 0) is 11.0 Å². The second kappa shape index (κ2) is 7.08. The molecule has 1 atom stereocenters. The maximum atomic E-state index is 13.1. The van der Waals surface area contributed by atoms with Crippen LogP contribution in [0.4, 0.5) is 18.9 Å². The van der Waals surface area contributed by atoms with Gasteiger partial charge < -0.3 is 9.80 Å². The van der Waals surface area contributed by atoms with E-state index in [-0.39, 0.29) is 17.2 Å². The van der Waals surface area contributed by atoms with Crippen LogP contribution in [-0.4, -0.2) is 42.0 Å². The molecule has 1 unspecified atom stereocenters. The molecular formula is C19H25F3N3O. The third-order valence-corrected chi connectivity index (χ3v) is 5.82. The lowest BCUT2D eigenvalue weighted by atomic mass is 9.74. The van der Waals surface area contributed by atoms with Crippen LogP contribution < -0.4 is 4.90 Å². The van der Waals surface area contributed by atoms with Crippen molar-refractivity contribution in [2.75, 3.05) is 31.1 Å². The molecule has 2 heterocycles. The Labute approximate surface area is 152 Å². The normalized spacial score (nSPS) is 20.7. The molecular weight excluding hydrogens is 343 g/mol. The molecule has 2 fully saturated rings. The number of nitrogens with zero attached hydrogens (tertiary/aromatic N) is 3. The van der Waals surface area contributed by atoms with Crippen molar-refractivity contribution in [3.8, 4) is 0 Å². The van der Waals surface area contributed by atoms with E-state index in [0.29, 0.717) is 31.9 Å². The van der Waals surface area contributed by atoms with Gasteiger partial charge in [-0.25, -0.2) is 0 Å². The molecule has 1 aromatic heterocycles. The number of anilines is 1. The van der Waals surface area contributed by atoms with Gasteiger partial charge in [0.1, 0.15) is 0 Å². The van der Waals surface area contributed by atoms with Gasteiger partial charge in [0.05, 0.1) is 22.9 Å². The minimum atomic E-state index is -4.40. The fourth-order valence-corrected chi connectivity index (χ4v) is 4.03. The second-order valence-electron chi connectivity index (χ2n) is 7.55. The first kappa shape index (κ1) is 19.0. The van der Waals surface area contributed by atoms with Crippen LogP contribution in [0.2, 0.25) is 0 Å². The van der Waals surface area contributed by atoms with Crippen molar-refractivity contribution in [3.05, 3.63) is 30.4 Å². The number of hydrogen-bond acceptors (Lipinski definition) is 3. The smallest absolute Gasteiger partial charge is 0.367 e. The average Bonchev–Trinajstić information content (AvgIpc) is 3.12. The summed E-state index contributed by atoms with van der Waals surface area (Å²) in [5.74, 6) is 0.475. The summed E-state index contributed by atoms with van der Waals surface area (Å²) in [6.07, 6.45) is 2.77. The quantitative estimate of drug-likeness (QED) is 0.815. The van der Waals surface area contributed by atoms with Gasteiger partial charge in [0.2, 0.25) is 5.91 Å². The van der Waals surface area contributed by atoms with Gasteiger partial charge in [-0.2, -0.15) is 13.2 Å². The van der Waals surface area contributed by atoms with Crippen LogP contribution >= 0.6 is 0 Å². The number of alkyl halides is 3. The largest absolute Gasteiger partial charge is 0.417 e. The van der Waals surface area contributed by atoms with Gasteiger partial charge in [-0.15, -0.1) is 0 Å². The van der Waals surface area contributed by atoms with Crippen molar-refractivity contribution < 1.29 is 18.0 Å². The van der Waals surface area contributed by atoms with Gasteiger partial charge >= 0.3 is 6.18 Å². The Balaban J connectivity index is 1.67. The van der Waals surface area contributed by atoms with Gasteiger partial charge in [-0.05, 0) is 37.7 Å². The molecule has 4 nitrogen and oxygen atoms in total. The summed E-state index contributed by atoms with van der Waals surface area (Å²) in [6.45, 7) is 6.30. The number of hydrogen-bond donors (Lipinski definition) is 0. The van der Waals surface area contributed by atoms with Gasteiger partial charge in [-0.3, -0.25) is 9.78 Å². The Bertz CT molecular complexity index is 646. The third kappa shape index (κ3) is 3.53. The van der Waals surface area contributed by atoms with Crippen molar-refractivity contribution in [2.24, 2.45) is 11.3 Å². The maximum absolute atomic E-state index is 13.1. The molecule has 1 aromatic rings. The SMILES string of the molecule is CC(C)C1(C(=O)N2CCN(c3cncc(C(F)(F)F)c3)CC2)C[CH]CC1. The van der Waals surface area contributed by atoms with Crippen LogP contribution in [0.3, 0.4) is 0 Å². The molecule has 1 saturated carbocycles. The van der Waals surface area contributed by atoms with Crippen LogP contribution in [0.25, 0.3) is 0 Å². The standard InChI is InChI=1S/C19H25F3N3O/c1-14(2)18(5-3-4-6-18)17(26)25-9-7-24(8-10-25)16-11-15(12-23-13-16)19(20,21)22/h3,11-14H,4-10H2,1-2H3. The summed E-state index contributed by atoms with van der Waals surface area (Å²) in [4.78, 5) is 20.6. The average molecular weight is 368 g/mol. The molecule has 1 aliphatic heterocycles. The van der Waals surface area contributed by atoms with E-state index in [1.807, 2.05) is 9.80 Å². The molecule has 1 radical (unpaired) electrons. The number of piperazine rings is 1. The number of halogens is 3. The van der Waals surface area contributed by atoms with E-state index in [1.54, 1.807) is 0 Å². The first-order valence-electron chi connectivity index (χ1n) is 9.12. The van der Waals surface area contributed by atoms with E-state index in [9.17, 15) is 18.0 Å². The first-order chi connectivity index (χ1) is 12.2. The monoisotopic (exact) mass is 368 g/mol. The zero-order valence-corrected chi connectivity index (χ0v) is 15.2. The summed E-state index contributed by atoms with van der Waals surface area (Å²) >= 11 is 0. The highest BCUT2D eigenvalue weighted by molar-refractivity contribution is 5.84. The fraction of sp³-hybridized carbons (Fsp3) is 0.632. The number of pyridine rings is 1. The zero-order valence-electron chi connectivity index (χ0n) is 15.2. The third-order valence-electron chi connectivity index (χ3n) is 5.82. The molecule has 0 bridgehead atoms. The topological polar surface area (TPSA) is 36.4 Å². The van der Waals surface area contributed by atoms with E-state index >= 15 is 0 Å². The van der Waals surface area contributed by atoms with Crippen molar-refractivity contribution in [1.29, 1.82) is 0 Å². The lowest BCUT2D eigenvalue weighted by molar-refractivity contribution is -0.144. The lowest BCUT2D eigenvalue weighted by Crippen LogP contribution is -2.54. The first-order valence-corrected chi connectivity index (χ1v) is 9.12. The van der Waals surface area contributed by atoms with Crippen molar-refractivity contribution in [3.63, 3.8) is 0 Å². The summed E-state index contributed by atoms with van der Waals surface area (Å²) in [5, 5.41) is 0. The van der Waals surface area contributed by atoms with Crippen LogP contribution in [0.1, 0.15) is 38.7 Å². The summed E-state index contributed by atoms with van der Waals surface area (Å²) < 4.78 is 38.6. The predicted molar refractivity (Wildman–Crippen MR) is 93.5 cm³/mol. The molecule has 0 N–H and O–H groups in total. The Morgan fingerprint density at radius 1 is 1.19 bits per heavy atom. The molecule has 1 saturated heterocycles. The zero-order chi connectivity index (χ0) is 18.9. The van der Waals surface area contributed by atoms with E-state index in [1.165, 1.54) is 6.20 Å². The summed E-state index contributed by atoms with van der Waals surface area (Å²) in [6, 6.07) is 1.13. The highest BCUT2D eigenvalue weighted by Crippen LogP contribution is 2.45. The van der Waals surface area contributed by atoms with Gasteiger partial charge in [0.25, 0.3) is 0 Å². The number of rotatable bonds is 3. The number of aromatic nitrogens is 1. The lowest BCUT2D eigenvalue weighted by Gasteiger charge is -2.42. The van der Waals surface area contributed by atoms with Gasteiger partial charge in [-0.1, -0.05) is 13.8 Å². The summed E-state index contributed by atoms with van der Waals surface area (Å²) in [7, 11) is 0. The van der Waals surface area contributed by atoms with Crippen LogP contribution in [0.15, 0.2) is 18.5 Å². The van der Waals surface area contributed by atoms with E-state index in [0.717, 1.165) is 31.5 Å². The highest BCUT2D eigenvalue weighted by atomic mass is 19.4. The molecule has 1 aliphatic carbocycles. The maximum Gasteiger partial charge on any atom is 0.417 e. The predicted octanol–water partition coefficient (Wildman–Crippen LogP) is 3.78. The molecule has 2 aliphatic rings. The van der Waals surface area contributed by atoms with Crippen LogP contribution in [0, 0.1) is 17.8 Å². The van der Waals surface area contributed by atoms with E-state index in [4.69, 9.17) is 0 Å². The van der Waals surface area contributed by atoms with Crippen molar-refractivity contribution >= 4 is 11.6 Å². The van der Waals surface area contributed by atoms with Gasteiger partial charge in [0, 0.05) is 32.4 Å². The van der Waals surface area contributed by atoms with Crippen molar-refractivity contribution in [1.82, 2.24) is 9.88 Å². The summed E-state index contributed by atoms with van der Waals surface area (Å²) in [5.41, 5.74) is -0.589. The van der Waals surface area contributed by atoms with Crippen molar-refractivity contribution in [2.45, 2.75) is 39.3 Å². The second-order valence-corrected chi connectivity index (χ2v) is 7.55. The Hall–Kier alpha value is -1.79. The Morgan fingerprint density at radius 2 is 1.88 bits per heavy atom. The molecule has 26 heavy (non-hydrogen) atoms. The van der Waals surface area contributed by atoms with E-state index < -0.39 is 11.7 Å². The molecule has 7 heteroatoms. The molecule has 1 amide bonds. The molecule has 3 rings (SSSR count). The molecule has 143 valence electrons. The number of carbonyl (C=O) groups excluding carboxylic acids is 1. The minimum Gasteiger partial charge on any atom is -0.367 e. The number of carbonyl (C=O) groups is 1. The van der Waals surface area contributed by atoms with Crippen LogP contribution in [0.5, 0.6) is 0 Å². The Morgan fingerprint density at radius 3 is 2.42 bits per heavy atom. The van der Waals surface area contributed by atoms with Gasteiger partial charge in [0.15, 0.2) is 0 Å². The fourth-order valence-electron chi connectivity index (χ4n) is 4.03. The Kier molecular flexibility index (Phi) is 5.17. The molecule has 0 spiro atoms.